The van der Waals surface area contributed by atoms with Gasteiger partial charge in [0.2, 0.25) is 11.3 Å². The molecule has 12 heteroatoms. The first kappa shape index (κ1) is 27.5. The minimum atomic E-state index is -1.54. The molecule has 1 aliphatic heterocycles. The van der Waals surface area contributed by atoms with Crippen LogP contribution in [0.2, 0.25) is 0 Å². The van der Waals surface area contributed by atoms with Gasteiger partial charge in [-0.15, -0.1) is 11.3 Å². The third-order valence-electron chi connectivity index (χ3n) is 4.35. The Kier molecular flexibility index (Phi) is 7.98. The van der Waals surface area contributed by atoms with E-state index in [1.807, 2.05) is 0 Å². The number of carboxylic acids is 1. The summed E-state index contributed by atoms with van der Waals surface area (Å²) < 4.78 is 16.4. The summed E-state index contributed by atoms with van der Waals surface area (Å²) in [7, 11) is 0. The molecule has 1 aromatic heterocycles. The standard InChI is InChI=1S/C22H33N3O8S/c1-19(2,3)31-16(28)22(9-10-30-21(7,8)12-22)33-25-14(15(26)27)13-11-34-17(23-13)24-18(29)32-20(4,5)6/h11H,9-10,12H2,1-8H3,(H,26,27)(H,23,24,29)/b25-14-. The van der Waals surface area contributed by atoms with E-state index in [9.17, 15) is 19.5 Å². The maximum absolute atomic E-state index is 13.1. The van der Waals surface area contributed by atoms with E-state index in [-0.39, 0.29) is 30.3 Å². The fourth-order valence-corrected chi connectivity index (χ4v) is 3.82. The molecule has 2 rings (SSSR count). The molecule has 0 spiro atoms. The number of carbonyl (C=O) groups is 3. The van der Waals surface area contributed by atoms with E-state index in [2.05, 4.69) is 15.5 Å². The van der Waals surface area contributed by atoms with Gasteiger partial charge in [0.15, 0.2) is 5.13 Å². The van der Waals surface area contributed by atoms with E-state index < -0.39 is 46.1 Å². The number of hydrogen-bond acceptors (Lipinski definition) is 10. The van der Waals surface area contributed by atoms with Crippen molar-refractivity contribution in [1.29, 1.82) is 0 Å². The molecule has 2 heterocycles. The van der Waals surface area contributed by atoms with Gasteiger partial charge in [-0.25, -0.2) is 19.4 Å². The molecule has 0 bridgehead atoms. The predicted molar refractivity (Wildman–Crippen MR) is 125 cm³/mol. The number of aromatic nitrogens is 1. The number of nitrogens with one attached hydrogen (secondary N) is 1. The lowest BCUT2D eigenvalue weighted by Gasteiger charge is -2.41. The molecular formula is C22H33N3O8S. The molecule has 1 aromatic rings. The van der Waals surface area contributed by atoms with Gasteiger partial charge in [0.1, 0.15) is 16.9 Å². The van der Waals surface area contributed by atoms with E-state index in [4.69, 9.17) is 19.0 Å². The first-order valence-corrected chi connectivity index (χ1v) is 11.6. The molecule has 190 valence electrons. The predicted octanol–water partition coefficient (Wildman–Crippen LogP) is 3.96. The SMILES string of the molecule is CC(C)(C)OC(=O)Nc1nc(/C(=N/OC2(C(=O)OC(C)(C)C)CCOC(C)(C)C2)C(=O)O)cs1. The van der Waals surface area contributed by atoms with Crippen molar-refractivity contribution in [3.63, 3.8) is 0 Å². The highest BCUT2D eigenvalue weighted by Gasteiger charge is 2.52. The van der Waals surface area contributed by atoms with Crippen molar-refractivity contribution in [1.82, 2.24) is 4.98 Å². The Morgan fingerprint density at radius 3 is 2.29 bits per heavy atom. The smallest absolute Gasteiger partial charge is 0.413 e. The molecule has 1 saturated heterocycles. The fraction of sp³-hybridized carbons (Fsp3) is 0.682. The van der Waals surface area contributed by atoms with Crippen LogP contribution in [0.3, 0.4) is 0 Å². The van der Waals surface area contributed by atoms with Crippen LogP contribution < -0.4 is 5.32 Å². The zero-order valence-electron chi connectivity index (χ0n) is 20.8. The van der Waals surface area contributed by atoms with Crippen LogP contribution in [0.5, 0.6) is 0 Å². The first-order valence-electron chi connectivity index (χ1n) is 10.7. The molecule has 1 aliphatic rings. The minimum Gasteiger partial charge on any atom is -0.476 e. The van der Waals surface area contributed by atoms with Gasteiger partial charge in [-0.1, -0.05) is 5.16 Å². The number of nitrogens with zero attached hydrogens (tertiary/aromatic N) is 2. The average molecular weight is 500 g/mol. The molecule has 1 fully saturated rings. The van der Waals surface area contributed by atoms with Crippen LogP contribution in [0.25, 0.3) is 0 Å². The molecule has 1 atom stereocenters. The highest BCUT2D eigenvalue weighted by Crippen LogP contribution is 2.37. The van der Waals surface area contributed by atoms with Crippen molar-refractivity contribution >= 4 is 40.2 Å². The molecule has 1 amide bonds. The minimum absolute atomic E-state index is 0.0470. The van der Waals surface area contributed by atoms with E-state index in [0.29, 0.717) is 0 Å². The molecule has 34 heavy (non-hydrogen) atoms. The lowest BCUT2D eigenvalue weighted by atomic mass is 9.84. The van der Waals surface area contributed by atoms with E-state index in [1.165, 1.54) is 5.38 Å². The number of anilines is 1. The number of amides is 1. The number of hydrogen-bond donors (Lipinski definition) is 2. The summed E-state index contributed by atoms with van der Waals surface area (Å²) in [5.74, 6) is -2.07. The first-order chi connectivity index (χ1) is 15.4. The van der Waals surface area contributed by atoms with Crippen LogP contribution >= 0.6 is 11.3 Å². The lowest BCUT2D eigenvalue weighted by Crippen LogP contribution is -2.54. The number of rotatable bonds is 6. The largest absolute Gasteiger partial charge is 0.476 e. The molecule has 11 nitrogen and oxygen atoms in total. The van der Waals surface area contributed by atoms with Gasteiger partial charge in [-0.3, -0.25) is 5.32 Å². The number of carboxylic acid groups (broad SMARTS) is 1. The molecular weight excluding hydrogens is 466 g/mol. The number of carbonyl (C=O) groups excluding carboxylic acids is 2. The molecule has 0 saturated carbocycles. The van der Waals surface area contributed by atoms with Crippen molar-refractivity contribution in [2.24, 2.45) is 5.16 Å². The third-order valence-corrected chi connectivity index (χ3v) is 5.11. The van der Waals surface area contributed by atoms with Gasteiger partial charge < -0.3 is 24.2 Å². The summed E-state index contributed by atoms with van der Waals surface area (Å²) in [6.07, 6.45) is -0.496. The third kappa shape index (κ3) is 7.94. The van der Waals surface area contributed by atoms with Crippen LogP contribution in [0.15, 0.2) is 10.5 Å². The van der Waals surface area contributed by atoms with Crippen LogP contribution in [-0.2, 0) is 28.6 Å². The Morgan fingerprint density at radius 2 is 1.76 bits per heavy atom. The van der Waals surface area contributed by atoms with Crippen molar-refractivity contribution in [2.45, 2.75) is 90.6 Å². The van der Waals surface area contributed by atoms with Gasteiger partial charge >= 0.3 is 18.0 Å². The molecule has 0 aliphatic carbocycles. The number of ether oxygens (including phenoxy) is 3. The maximum Gasteiger partial charge on any atom is 0.413 e. The molecule has 1 unspecified atom stereocenters. The van der Waals surface area contributed by atoms with Crippen LogP contribution in [0.1, 0.15) is 73.9 Å². The van der Waals surface area contributed by atoms with Crippen LogP contribution in [0, 0.1) is 0 Å². The van der Waals surface area contributed by atoms with E-state index >= 15 is 0 Å². The number of thiazole rings is 1. The molecule has 2 N–H and O–H groups in total. The monoisotopic (exact) mass is 499 g/mol. The van der Waals surface area contributed by atoms with Gasteiger partial charge in [0, 0.05) is 18.2 Å². The highest BCUT2D eigenvalue weighted by molar-refractivity contribution is 7.14. The normalized spacial score (nSPS) is 20.9. The quantitative estimate of drug-likeness (QED) is 0.337. The van der Waals surface area contributed by atoms with Gasteiger partial charge in [0.25, 0.3) is 0 Å². The summed E-state index contributed by atoms with van der Waals surface area (Å²) >= 11 is 0.990. The van der Waals surface area contributed by atoms with Gasteiger partial charge in [-0.05, 0) is 55.4 Å². The number of aliphatic carboxylic acids is 1. The lowest BCUT2D eigenvalue weighted by molar-refractivity contribution is -0.211. The Labute approximate surface area is 202 Å². The van der Waals surface area contributed by atoms with Crippen molar-refractivity contribution in [3.05, 3.63) is 11.1 Å². The molecule has 0 radical (unpaired) electrons. The van der Waals surface area contributed by atoms with Crippen molar-refractivity contribution in [2.75, 3.05) is 11.9 Å². The van der Waals surface area contributed by atoms with E-state index in [1.54, 1.807) is 55.4 Å². The summed E-state index contributed by atoms with van der Waals surface area (Å²) in [5.41, 5.74) is -4.33. The Bertz CT molecular complexity index is 958. The second-order valence-electron chi connectivity index (χ2n) is 10.5. The second-order valence-corrected chi connectivity index (χ2v) is 11.4. The van der Waals surface area contributed by atoms with Crippen molar-refractivity contribution in [3.8, 4) is 0 Å². The number of esters is 1. The van der Waals surface area contributed by atoms with E-state index in [0.717, 1.165) is 11.3 Å². The summed E-state index contributed by atoms with van der Waals surface area (Å²) in [6.45, 7) is 14.1. The fourth-order valence-electron chi connectivity index (χ4n) is 3.14. The zero-order chi connectivity index (χ0) is 25.9. The van der Waals surface area contributed by atoms with Crippen molar-refractivity contribution < 1.29 is 38.5 Å². The molecule has 0 aromatic carbocycles. The average Bonchev–Trinajstić information content (AvgIpc) is 3.05. The Balaban J connectivity index is 2.31. The van der Waals surface area contributed by atoms with Crippen LogP contribution in [-0.4, -0.2) is 62.8 Å². The highest BCUT2D eigenvalue weighted by atomic mass is 32.1. The zero-order valence-corrected chi connectivity index (χ0v) is 21.6. The Hall–Kier alpha value is -2.73. The number of oxime groups is 1. The summed E-state index contributed by atoms with van der Waals surface area (Å²) in [6, 6.07) is 0. The summed E-state index contributed by atoms with van der Waals surface area (Å²) in [5, 5.41) is 17.5. The topological polar surface area (TPSA) is 146 Å². The van der Waals surface area contributed by atoms with Crippen LogP contribution in [0.4, 0.5) is 9.93 Å². The second kappa shape index (κ2) is 9.87. The maximum atomic E-state index is 13.1. The van der Waals surface area contributed by atoms with Gasteiger partial charge in [0.05, 0.1) is 12.2 Å². The summed E-state index contributed by atoms with van der Waals surface area (Å²) in [4.78, 5) is 46.7. The Morgan fingerprint density at radius 1 is 1.15 bits per heavy atom. The van der Waals surface area contributed by atoms with Gasteiger partial charge in [-0.2, -0.15) is 0 Å².